The molecule has 1 aromatic rings. The number of likely N-dealkylation sites (tertiary alicyclic amines) is 1. The maximum atomic E-state index is 13.7. The zero-order valence-corrected chi connectivity index (χ0v) is 18.2. The van der Waals surface area contributed by atoms with Crippen molar-refractivity contribution in [2.75, 3.05) is 58.4 Å². The third-order valence-corrected chi connectivity index (χ3v) is 8.00. The van der Waals surface area contributed by atoms with Crippen molar-refractivity contribution in [1.82, 2.24) is 14.5 Å². The number of anilines is 1. The average Bonchev–Trinajstić information content (AvgIpc) is 3.14. The Bertz CT molecular complexity index is 943. The highest BCUT2D eigenvalue weighted by Crippen LogP contribution is 2.32. The van der Waals surface area contributed by atoms with Gasteiger partial charge in [-0.25, -0.2) is 12.7 Å². The van der Waals surface area contributed by atoms with Crippen LogP contribution in [0.2, 0.25) is 0 Å². The molecule has 3 fully saturated rings. The maximum absolute atomic E-state index is 13.7. The van der Waals surface area contributed by atoms with Crippen LogP contribution in [0.4, 0.5) is 5.69 Å². The van der Waals surface area contributed by atoms with Crippen molar-refractivity contribution >= 4 is 27.5 Å². The van der Waals surface area contributed by atoms with Gasteiger partial charge >= 0.3 is 0 Å². The Kier molecular flexibility index (Phi) is 5.73. The number of nitrogens with zero attached hydrogens (tertiary/aromatic N) is 3. The molecule has 0 bridgehead atoms. The van der Waals surface area contributed by atoms with Crippen LogP contribution in [0.3, 0.4) is 0 Å². The van der Waals surface area contributed by atoms with Crippen molar-refractivity contribution in [2.45, 2.75) is 23.8 Å². The summed E-state index contributed by atoms with van der Waals surface area (Å²) in [6, 6.07) is 4.56. The van der Waals surface area contributed by atoms with Gasteiger partial charge in [-0.2, -0.15) is 0 Å². The molecule has 0 aromatic heterocycles. The number of amides is 2. The van der Waals surface area contributed by atoms with Gasteiger partial charge < -0.3 is 19.9 Å². The van der Waals surface area contributed by atoms with E-state index in [4.69, 9.17) is 4.74 Å². The molecule has 0 saturated carbocycles. The highest BCUT2D eigenvalue weighted by atomic mass is 32.2. The van der Waals surface area contributed by atoms with E-state index in [2.05, 4.69) is 10.2 Å². The minimum Gasteiger partial charge on any atom is -0.378 e. The van der Waals surface area contributed by atoms with Gasteiger partial charge in [0.05, 0.1) is 35.6 Å². The summed E-state index contributed by atoms with van der Waals surface area (Å²) in [6.07, 6.45) is 1.52. The van der Waals surface area contributed by atoms with Crippen LogP contribution in [0.1, 0.15) is 23.2 Å². The SMILES string of the molecule is CN(C)S(=O)(=O)c1ccc(N2CCOCC2)c(C(=O)N2CCCC3C(=O)NCC32)c1. The Morgan fingerprint density at radius 2 is 1.93 bits per heavy atom. The van der Waals surface area contributed by atoms with Crippen LogP contribution in [0.5, 0.6) is 0 Å². The van der Waals surface area contributed by atoms with Crippen LogP contribution < -0.4 is 10.2 Å². The van der Waals surface area contributed by atoms with Crippen LogP contribution in [0.15, 0.2) is 23.1 Å². The molecule has 0 spiro atoms. The quantitative estimate of drug-likeness (QED) is 0.720. The first-order chi connectivity index (χ1) is 14.3. The first kappa shape index (κ1) is 21.1. The molecule has 3 aliphatic rings. The molecule has 4 rings (SSSR count). The van der Waals surface area contributed by atoms with Crippen molar-refractivity contribution in [3.63, 3.8) is 0 Å². The summed E-state index contributed by atoms with van der Waals surface area (Å²) in [6.45, 7) is 3.37. The van der Waals surface area contributed by atoms with Crippen LogP contribution in [-0.2, 0) is 19.6 Å². The van der Waals surface area contributed by atoms with Gasteiger partial charge in [0.1, 0.15) is 0 Å². The molecule has 1 N–H and O–H groups in total. The summed E-state index contributed by atoms with van der Waals surface area (Å²) < 4.78 is 32.0. The minimum absolute atomic E-state index is 0.00478. The van der Waals surface area contributed by atoms with Crippen molar-refractivity contribution in [2.24, 2.45) is 5.92 Å². The van der Waals surface area contributed by atoms with Gasteiger partial charge in [0, 0.05) is 46.0 Å². The third-order valence-electron chi connectivity index (χ3n) is 6.19. The fraction of sp³-hybridized carbons (Fsp3) is 0.600. The molecule has 0 radical (unpaired) electrons. The van der Waals surface area contributed by atoms with Crippen molar-refractivity contribution in [3.05, 3.63) is 23.8 Å². The van der Waals surface area contributed by atoms with E-state index < -0.39 is 10.0 Å². The number of carbonyl (C=O) groups excluding carboxylic acids is 2. The Morgan fingerprint density at radius 3 is 2.63 bits per heavy atom. The molecular formula is C20H28N4O5S. The lowest BCUT2D eigenvalue weighted by molar-refractivity contribution is -0.123. The normalized spacial score (nSPS) is 24.7. The molecule has 3 saturated heterocycles. The van der Waals surface area contributed by atoms with Crippen molar-refractivity contribution < 1.29 is 22.7 Å². The second-order valence-electron chi connectivity index (χ2n) is 8.13. The fourth-order valence-electron chi connectivity index (χ4n) is 4.50. The molecule has 3 heterocycles. The fourth-order valence-corrected chi connectivity index (χ4v) is 5.42. The molecule has 2 amide bonds. The first-order valence-electron chi connectivity index (χ1n) is 10.3. The molecule has 30 heavy (non-hydrogen) atoms. The summed E-state index contributed by atoms with van der Waals surface area (Å²) in [7, 11) is -0.744. The molecule has 2 unspecified atom stereocenters. The number of fused-ring (bicyclic) bond motifs is 1. The average molecular weight is 437 g/mol. The Balaban J connectivity index is 1.75. The Morgan fingerprint density at radius 1 is 1.20 bits per heavy atom. The third kappa shape index (κ3) is 3.67. The number of rotatable bonds is 4. The van der Waals surface area contributed by atoms with Crippen LogP contribution in [0.25, 0.3) is 0 Å². The zero-order chi connectivity index (χ0) is 21.5. The van der Waals surface area contributed by atoms with E-state index in [0.29, 0.717) is 50.6 Å². The van der Waals surface area contributed by atoms with Crippen molar-refractivity contribution in [1.29, 1.82) is 0 Å². The van der Waals surface area contributed by atoms with Gasteiger partial charge in [-0.1, -0.05) is 0 Å². The lowest BCUT2D eigenvalue weighted by atomic mass is 9.91. The van der Waals surface area contributed by atoms with E-state index in [0.717, 1.165) is 17.1 Å². The Hall–Kier alpha value is -2.17. The number of nitrogens with one attached hydrogen (secondary N) is 1. The summed E-state index contributed by atoms with van der Waals surface area (Å²) in [5.41, 5.74) is 1.07. The summed E-state index contributed by atoms with van der Waals surface area (Å²) >= 11 is 0. The lowest BCUT2D eigenvalue weighted by Crippen LogP contribution is -2.49. The van der Waals surface area contributed by atoms with Crippen LogP contribution in [0, 0.1) is 5.92 Å². The van der Waals surface area contributed by atoms with Crippen LogP contribution >= 0.6 is 0 Å². The predicted octanol–water partition coefficient (Wildman–Crippen LogP) is 0.124. The van der Waals surface area contributed by atoms with E-state index in [-0.39, 0.29) is 28.7 Å². The van der Waals surface area contributed by atoms with Gasteiger partial charge in [0.25, 0.3) is 5.91 Å². The maximum Gasteiger partial charge on any atom is 0.256 e. The first-order valence-corrected chi connectivity index (χ1v) is 11.7. The standard InChI is InChI=1S/C20H28N4O5S/c1-22(2)30(27,28)14-5-6-17(23-8-10-29-11-9-23)16(12-14)20(26)24-7-3-4-15-18(24)13-21-19(15)25/h5-6,12,15,18H,3-4,7-11,13H2,1-2H3,(H,21,25). The number of morpholine rings is 1. The van der Waals surface area contributed by atoms with Gasteiger partial charge in [0.2, 0.25) is 15.9 Å². The summed E-state index contributed by atoms with van der Waals surface area (Å²) in [5, 5.41) is 2.86. The number of benzene rings is 1. The number of hydrogen-bond acceptors (Lipinski definition) is 6. The monoisotopic (exact) mass is 436 g/mol. The number of ether oxygens (including phenoxy) is 1. The molecule has 0 aliphatic carbocycles. The lowest BCUT2D eigenvalue weighted by Gasteiger charge is -2.37. The van der Waals surface area contributed by atoms with E-state index >= 15 is 0 Å². The zero-order valence-electron chi connectivity index (χ0n) is 17.3. The molecular weight excluding hydrogens is 408 g/mol. The molecule has 9 nitrogen and oxygen atoms in total. The van der Waals surface area contributed by atoms with E-state index in [9.17, 15) is 18.0 Å². The number of hydrogen-bond donors (Lipinski definition) is 1. The van der Waals surface area contributed by atoms with E-state index in [1.807, 2.05) is 0 Å². The number of sulfonamides is 1. The Labute approximate surface area is 177 Å². The molecule has 3 aliphatic heterocycles. The van der Waals surface area contributed by atoms with E-state index in [1.54, 1.807) is 17.0 Å². The number of carbonyl (C=O) groups is 2. The van der Waals surface area contributed by atoms with Crippen molar-refractivity contribution in [3.8, 4) is 0 Å². The predicted molar refractivity (Wildman–Crippen MR) is 111 cm³/mol. The van der Waals surface area contributed by atoms with Gasteiger partial charge in [-0.3, -0.25) is 9.59 Å². The molecule has 10 heteroatoms. The van der Waals surface area contributed by atoms with Gasteiger partial charge in [-0.05, 0) is 31.0 Å². The van der Waals surface area contributed by atoms with E-state index in [1.165, 1.54) is 20.2 Å². The topological polar surface area (TPSA) is 99.3 Å². The molecule has 1 aromatic carbocycles. The summed E-state index contributed by atoms with van der Waals surface area (Å²) in [5.74, 6) is -0.420. The summed E-state index contributed by atoms with van der Waals surface area (Å²) in [4.78, 5) is 29.7. The second kappa shape index (κ2) is 8.16. The molecule has 164 valence electrons. The molecule has 2 atom stereocenters. The minimum atomic E-state index is -3.68. The van der Waals surface area contributed by atoms with Gasteiger partial charge in [0.15, 0.2) is 0 Å². The smallest absolute Gasteiger partial charge is 0.256 e. The van der Waals surface area contributed by atoms with Gasteiger partial charge in [-0.15, -0.1) is 0 Å². The second-order valence-corrected chi connectivity index (χ2v) is 10.3. The largest absolute Gasteiger partial charge is 0.378 e. The highest BCUT2D eigenvalue weighted by molar-refractivity contribution is 7.89. The highest BCUT2D eigenvalue weighted by Gasteiger charge is 2.43. The van der Waals surface area contributed by atoms with Crippen LogP contribution in [-0.4, -0.2) is 89.0 Å². The number of piperidine rings is 1.